The molecule has 0 unspecified atom stereocenters. The molecule has 0 saturated carbocycles. The molecule has 0 saturated heterocycles. The minimum Gasteiger partial charge on any atom is -0.321 e. The van der Waals surface area contributed by atoms with Crippen molar-refractivity contribution >= 4 is 45.8 Å². The first kappa shape index (κ1) is 14.3. The lowest BCUT2D eigenvalue weighted by molar-refractivity contribution is 0.102. The molecule has 0 aliphatic rings. The molecule has 0 fully saturated rings. The smallest absolute Gasteiger partial charge is 0.255 e. The van der Waals surface area contributed by atoms with Gasteiger partial charge in [-0.1, -0.05) is 17.7 Å². The number of halogens is 2. The van der Waals surface area contributed by atoms with Gasteiger partial charge in [-0.25, -0.2) is 0 Å². The Labute approximate surface area is 131 Å². The van der Waals surface area contributed by atoms with Gasteiger partial charge >= 0.3 is 0 Å². The Bertz CT molecular complexity index is 640. The van der Waals surface area contributed by atoms with Gasteiger partial charge in [0.25, 0.3) is 5.91 Å². The summed E-state index contributed by atoms with van der Waals surface area (Å²) in [4.78, 5) is 12.1. The highest BCUT2D eigenvalue weighted by molar-refractivity contribution is 14.1. The summed E-state index contributed by atoms with van der Waals surface area (Å²) in [6.45, 7) is 4.01. The van der Waals surface area contributed by atoms with Gasteiger partial charge in [0.05, 0.1) is 10.7 Å². The lowest BCUT2D eigenvalue weighted by Crippen LogP contribution is -2.12. The summed E-state index contributed by atoms with van der Waals surface area (Å²) in [6.07, 6.45) is 0. The summed E-state index contributed by atoms with van der Waals surface area (Å²) in [5.74, 6) is -0.147. The fraction of sp³-hybridized carbons (Fsp3) is 0.133. The molecule has 1 amide bonds. The van der Waals surface area contributed by atoms with Crippen LogP contribution in [0.15, 0.2) is 36.4 Å². The first-order valence-electron chi connectivity index (χ1n) is 5.81. The number of anilines is 1. The minimum atomic E-state index is -0.147. The van der Waals surface area contributed by atoms with Crippen molar-refractivity contribution in [3.8, 4) is 0 Å². The second-order valence-corrected chi connectivity index (χ2v) is 6.03. The van der Waals surface area contributed by atoms with Crippen LogP contribution in [-0.2, 0) is 0 Å². The van der Waals surface area contributed by atoms with Crippen LogP contribution in [-0.4, -0.2) is 5.91 Å². The highest BCUT2D eigenvalue weighted by Crippen LogP contribution is 2.24. The maximum atomic E-state index is 12.1. The molecule has 2 rings (SSSR count). The van der Waals surface area contributed by atoms with Crippen LogP contribution in [0.1, 0.15) is 21.5 Å². The molecule has 19 heavy (non-hydrogen) atoms. The van der Waals surface area contributed by atoms with Crippen LogP contribution >= 0.6 is 34.2 Å². The minimum absolute atomic E-state index is 0.147. The zero-order valence-electron chi connectivity index (χ0n) is 10.6. The van der Waals surface area contributed by atoms with Crippen LogP contribution in [0.25, 0.3) is 0 Å². The second kappa shape index (κ2) is 5.92. The molecule has 2 nitrogen and oxygen atoms in total. The zero-order valence-corrected chi connectivity index (χ0v) is 13.5. The zero-order chi connectivity index (χ0) is 14.0. The fourth-order valence-electron chi connectivity index (χ4n) is 1.67. The van der Waals surface area contributed by atoms with Crippen molar-refractivity contribution in [2.24, 2.45) is 0 Å². The van der Waals surface area contributed by atoms with E-state index in [1.165, 1.54) is 5.56 Å². The summed E-state index contributed by atoms with van der Waals surface area (Å²) in [5, 5.41) is 3.37. The first-order valence-corrected chi connectivity index (χ1v) is 7.26. The van der Waals surface area contributed by atoms with Crippen LogP contribution in [0.5, 0.6) is 0 Å². The summed E-state index contributed by atoms with van der Waals surface area (Å²) in [7, 11) is 0. The summed E-state index contributed by atoms with van der Waals surface area (Å²) in [6, 6.07) is 11.2. The number of hydrogen-bond donors (Lipinski definition) is 1. The number of benzene rings is 2. The van der Waals surface area contributed by atoms with Gasteiger partial charge in [0.2, 0.25) is 0 Å². The van der Waals surface area contributed by atoms with Crippen molar-refractivity contribution in [3.63, 3.8) is 0 Å². The largest absolute Gasteiger partial charge is 0.321 e. The van der Waals surface area contributed by atoms with Gasteiger partial charge in [0.1, 0.15) is 0 Å². The lowest BCUT2D eigenvalue weighted by Gasteiger charge is -2.09. The molecule has 2 aromatic carbocycles. The van der Waals surface area contributed by atoms with Gasteiger partial charge in [0.15, 0.2) is 0 Å². The fourth-order valence-corrected chi connectivity index (χ4v) is 2.57. The van der Waals surface area contributed by atoms with Crippen molar-refractivity contribution in [2.75, 3.05) is 5.32 Å². The molecule has 4 heteroatoms. The van der Waals surface area contributed by atoms with E-state index in [1.807, 2.05) is 50.2 Å². The Morgan fingerprint density at radius 1 is 1.11 bits per heavy atom. The van der Waals surface area contributed by atoms with Gasteiger partial charge in [-0.2, -0.15) is 0 Å². The number of amides is 1. The average molecular weight is 386 g/mol. The van der Waals surface area contributed by atoms with Gasteiger partial charge in [0, 0.05) is 9.13 Å². The number of carbonyl (C=O) groups excluding carboxylic acids is 1. The van der Waals surface area contributed by atoms with E-state index in [9.17, 15) is 4.79 Å². The maximum absolute atomic E-state index is 12.1. The monoisotopic (exact) mass is 385 g/mol. The van der Waals surface area contributed by atoms with E-state index in [1.54, 1.807) is 0 Å². The molecule has 0 aliphatic heterocycles. The normalized spacial score (nSPS) is 10.3. The Hall–Kier alpha value is -1.07. The van der Waals surface area contributed by atoms with E-state index in [4.69, 9.17) is 11.6 Å². The summed E-state index contributed by atoms with van der Waals surface area (Å²) in [5.41, 5.74) is 3.54. The molecule has 0 atom stereocenters. The van der Waals surface area contributed by atoms with Crippen molar-refractivity contribution in [2.45, 2.75) is 13.8 Å². The Morgan fingerprint density at radius 3 is 2.47 bits per heavy atom. The number of carbonyl (C=O) groups is 1. The first-order chi connectivity index (χ1) is 8.97. The number of aryl methyl sites for hydroxylation is 2. The van der Waals surface area contributed by atoms with E-state index in [0.29, 0.717) is 16.3 Å². The number of nitrogens with one attached hydrogen (secondary N) is 1. The van der Waals surface area contributed by atoms with Gasteiger partial charge in [-0.05, 0) is 77.9 Å². The predicted octanol–water partition coefficient (Wildman–Crippen LogP) is 4.81. The third-order valence-electron chi connectivity index (χ3n) is 2.95. The molecule has 0 aromatic heterocycles. The Balaban J connectivity index is 2.23. The summed E-state index contributed by atoms with van der Waals surface area (Å²) < 4.78 is 1.03. The van der Waals surface area contributed by atoms with Crippen LogP contribution in [0.4, 0.5) is 5.69 Å². The molecular formula is C15H13ClINO. The molecule has 0 spiro atoms. The highest BCUT2D eigenvalue weighted by atomic mass is 127. The molecule has 0 heterocycles. The van der Waals surface area contributed by atoms with Crippen molar-refractivity contribution in [1.82, 2.24) is 0 Å². The molecule has 98 valence electrons. The standard InChI is InChI=1S/C15H13ClINO/c1-9-3-4-11(7-10(9)2)15(19)18-14-6-5-12(17)8-13(14)16/h3-8H,1-2H3,(H,18,19). The molecule has 2 aromatic rings. The average Bonchev–Trinajstić information content (AvgIpc) is 2.36. The lowest BCUT2D eigenvalue weighted by atomic mass is 10.1. The second-order valence-electron chi connectivity index (χ2n) is 4.38. The van der Waals surface area contributed by atoms with Gasteiger partial charge in [-0.3, -0.25) is 4.79 Å². The van der Waals surface area contributed by atoms with Gasteiger partial charge < -0.3 is 5.32 Å². The van der Waals surface area contributed by atoms with Crippen molar-refractivity contribution < 1.29 is 4.79 Å². The van der Waals surface area contributed by atoms with E-state index < -0.39 is 0 Å². The highest BCUT2D eigenvalue weighted by Gasteiger charge is 2.09. The number of hydrogen-bond acceptors (Lipinski definition) is 1. The third-order valence-corrected chi connectivity index (χ3v) is 3.93. The van der Waals surface area contributed by atoms with Gasteiger partial charge in [-0.15, -0.1) is 0 Å². The predicted molar refractivity (Wildman–Crippen MR) is 88.0 cm³/mol. The van der Waals surface area contributed by atoms with Crippen molar-refractivity contribution in [1.29, 1.82) is 0 Å². The van der Waals surface area contributed by atoms with Crippen LogP contribution in [0.2, 0.25) is 5.02 Å². The van der Waals surface area contributed by atoms with Crippen LogP contribution < -0.4 is 5.32 Å². The molecule has 0 aliphatic carbocycles. The quantitative estimate of drug-likeness (QED) is 0.738. The third kappa shape index (κ3) is 3.48. The Morgan fingerprint density at radius 2 is 1.84 bits per heavy atom. The molecule has 0 radical (unpaired) electrons. The SMILES string of the molecule is Cc1ccc(C(=O)Nc2ccc(I)cc2Cl)cc1C. The molecule has 0 bridgehead atoms. The summed E-state index contributed by atoms with van der Waals surface area (Å²) >= 11 is 8.28. The van der Waals surface area contributed by atoms with Crippen LogP contribution in [0.3, 0.4) is 0 Å². The van der Waals surface area contributed by atoms with E-state index >= 15 is 0 Å². The van der Waals surface area contributed by atoms with Crippen LogP contribution in [0, 0.1) is 17.4 Å². The van der Waals surface area contributed by atoms with Crippen molar-refractivity contribution in [3.05, 3.63) is 61.7 Å². The number of rotatable bonds is 2. The topological polar surface area (TPSA) is 29.1 Å². The molecule has 1 N–H and O–H groups in total. The Kier molecular flexibility index (Phi) is 4.47. The molecular weight excluding hydrogens is 373 g/mol. The van der Waals surface area contributed by atoms with E-state index in [0.717, 1.165) is 9.13 Å². The maximum Gasteiger partial charge on any atom is 0.255 e. The van der Waals surface area contributed by atoms with E-state index in [-0.39, 0.29) is 5.91 Å². The van der Waals surface area contributed by atoms with E-state index in [2.05, 4.69) is 27.9 Å².